The SMILES string of the molecule is CCC(CSC)NCC(O)COc1ccc(Cl)cc1. The fourth-order valence-electron chi connectivity index (χ4n) is 1.61. The lowest BCUT2D eigenvalue weighted by atomic mass is 10.2. The van der Waals surface area contributed by atoms with Crippen LogP contribution in [-0.2, 0) is 0 Å². The predicted octanol–water partition coefficient (Wildman–Crippen LogP) is 2.81. The van der Waals surface area contributed by atoms with Crippen molar-refractivity contribution in [2.45, 2.75) is 25.5 Å². The monoisotopic (exact) mass is 303 g/mol. The van der Waals surface area contributed by atoms with Gasteiger partial charge in [-0.15, -0.1) is 0 Å². The van der Waals surface area contributed by atoms with Gasteiger partial charge in [0.05, 0.1) is 0 Å². The minimum Gasteiger partial charge on any atom is -0.491 e. The van der Waals surface area contributed by atoms with Gasteiger partial charge in [0, 0.05) is 23.4 Å². The molecule has 1 aromatic rings. The van der Waals surface area contributed by atoms with Crippen molar-refractivity contribution < 1.29 is 9.84 Å². The number of rotatable bonds is 9. The molecule has 0 bridgehead atoms. The molecule has 19 heavy (non-hydrogen) atoms. The molecule has 0 aliphatic heterocycles. The largest absolute Gasteiger partial charge is 0.491 e. The highest BCUT2D eigenvalue weighted by atomic mass is 35.5. The Kier molecular flexibility index (Phi) is 8.30. The van der Waals surface area contributed by atoms with Crippen molar-refractivity contribution in [2.24, 2.45) is 0 Å². The summed E-state index contributed by atoms with van der Waals surface area (Å²) in [5.74, 6) is 1.78. The zero-order valence-electron chi connectivity index (χ0n) is 11.4. The van der Waals surface area contributed by atoms with Gasteiger partial charge in [-0.25, -0.2) is 0 Å². The second-order valence-electron chi connectivity index (χ2n) is 4.39. The first-order chi connectivity index (χ1) is 9.15. The number of benzene rings is 1. The highest BCUT2D eigenvalue weighted by Crippen LogP contribution is 2.15. The maximum Gasteiger partial charge on any atom is 0.119 e. The Morgan fingerprint density at radius 1 is 1.37 bits per heavy atom. The Bertz CT molecular complexity index is 348. The Hall–Kier alpha value is -0.420. The zero-order valence-corrected chi connectivity index (χ0v) is 13.0. The molecular weight excluding hydrogens is 282 g/mol. The van der Waals surface area contributed by atoms with E-state index in [2.05, 4.69) is 18.5 Å². The quantitative estimate of drug-likeness (QED) is 0.736. The molecule has 1 rings (SSSR count). The lowest BCUT2D eigenvalue weighted by Gasteiger charge is -2.19. The third-order valence-corrected chi connectivity index (χ3v) is 3.75. The molecule has 0 saturated heterocycles. The second-order valence-corrected chi connectivity index (χ2v) is 5.73. The average Bonchev–Trinajstić information content (AvgIpc) is 2.42. The fraction of sp³-hybridized carbons (Fsp3) is 0.571. The van der Waals surface area contributed by atoms with Crippen molar-refractivity contribution in [3.8, 4) is 5.75 Å². The van der Waals surface area contributed by atoms with Crippen molar-refractivity contribution in [3.05, 3.63) is 29.3 Å². The molecule has 1 aromatic carbocycles. The van der Waals surface area contributed by atoms with E-state index in [-0.39, 0.29) is 6.61 Å². The molecule has 0 aliphatic rings. The molecule has 0 spiro atoms. The van der Waals surface area contributed by atoms with Gasteiger partial charge in [-0.2, -0.15) is 11.8 Å². The summed E-state index contributed by atoms with van der Waals surface area (Å²) in [6, 6.07) is 7.58. The van der Waals surface area contributed by atoms with E-state index < -0.39 is 6.10 Å². The number of aliphatic hydroxyl groups excluding tert-OH is 1. The first kappa shape index (κ1) is 16.6. The fourth-order valence-corrected chi connectivity index (χ4v) is 2.49. The van der Waals surface area contributed by atoms with Gasteiger partial charge in [0.25, 0.3) is 0 Å². The molecular formula is C14H22ClNO2S. The van der Waals surface area contributed by atoms with Crippen molar-refractivity contribution in [3.63, 3.8) is 0 Å². The summed E-state index contributed by atoms with van der Waals surface area (Å²) < 4.78 is 5.49. The Morgan fingerprint density at radius 2 is 2.05 bits per heavy atom. The first-order valence-corrected chi connectivity index (χ1v) is 8.21. The van der Waals surface area contributed by atoms with Gasteiger partial charge < -0.3 is 15.2 Å². The van der Waals surface area contributed by atoms with Gasteiger partial charge in [-0.1, -0.05) is 18.5 Å². The first-order valence-electron chi connectivity index (χ1n) is 6.44. The second kappa shape index (κ2) is 9.48. The summed E-state index contributed by atoms with van der Waals surface area (Å²) >= 11 is 7.60. The lowest BCUT2D eigenvalue weighted by molar-refractivity contribution is 0.104. The predicted molar refractivity (Wildman–Crippen MR) is 83.4 cm³/mol. The van der Waals surface area contributed by atoms with Gasteiger partial charge in [-0.3, -0.25) is 0 Å². The molecule has 0 radical (unpaired) electrons. The number of hydrogen-bond donors (Lipinski definition) is 2. The van der Waals surface area contributed by atoms with Crippen LogP contribution in [0.5, 0.6) is 5.75 Å². The maximum atomic E-state index is 9.86. The Morgan fingerprint density at radius 3 is 2.63 bits per heavy atom. The summed E-state index contributed by atoms with van der Waals surface area (Å²) in [4.78, 5) is 0. The number of ether oxygens (including phenoxy) is 1. The normalized spacial score (nSPS) is 14.1. The number of halogens is 1. The highest BCUT2D eigenvalue weighted by molar-refractivity contribution is 7.98. The highest BCUT2D eigenvalue weighted by Gasteiger charge is 2.09. The van der Waals surface area contributed by atoms with Crippen LogP contribution in [0, 0.1) is 0 Å². The van der Waals surface area contributed by atoms with E-state index >= 15 is 0 Å². The van der Waals surface area contributed by atoms with Crippen LogP contribution < -0.4 is 10.1 Å². The van der Waals surface area contributed by atoms with E-state index in [1.165, 1.54) is 0 Å². The summed E-state index contributed by atoms with van der Waals surface area (Å²) in [5, 5.41) is 13.9. The minimum atomic E-state index is -0.508. The third kappa shape index (κ3) is 7.06. The number of thioether (sulfide) groups is 1. The molecule has 0 heterocycles. The summed E-state index contributed by atoms with van der Waals surface area (Å²) in [5.41, 5.74) is 0. The van der Waals surface area contributed by atoms with Crippen molar-refractivity contribution in [2.75, 3.05) is 25.2 Å². The third-order valence-electron chi connectivity index (χ3n) is 2.76. The standard InChI is InChI=1S/C14H22ClNO2S/c1-3-12(10-19-2)16-8-13(17)9-18-14-6-4-11(15)5-7-14/h4-7,12-13,16-17H,3,8-10H2,1-2H3. The minimum absolute atomic E-state index is 0.282. The molecule has 2 N–H and O–H groups in total. The molecule has 2 unspecified atom stereocenters. The summed E-state index contributed by atoms with van der Waals surface area (Å²) in [7, 11) is 0. The van der Waals surface area contributed by atoms with E-state index in [1.54, 1.807) is 24.3 Å². The van der Waals surface area contributed by atoms with Crippen molar-refractivity contribution >= 4 is 23.4 Å². The van der Waals surface area contributed by atoms with Crippen LogP contribution in [0.25, 0.3) is 0 Å². The van der Waals surface area contributed by atoms with Gasteiger partial charge in [0.15, 0.2) is 0 Å². The molecule has 0 amide bonds. The van der Waals surface area contributed by atoms with Crippen molar-refractivity contribution in [1.29, 1.82) is 0 Å². The number of aliphatic hydroxyl groups is 1. The van der Waals surface area contributed by atoms with Crippen LogP contribution in [0.15, 0.2) is 24.3 Å². The van der Waals surface area contributed by atoms with E-state index in [4.69, 9.17) is 16.3 Å². The number of hydrogen-bond acceptors (Lipinski definition) is 4. The van der Waals surface area contributed by atoms with Crippen LogP contribution in [0.3, 0.4) is 0 Å². The van der Waals surface area contributed by atoms with Crippen LogP contribution >= 0.6 is 23.4 Å². The van der Waals surface area contributed by atoms with Crippen molar-refractivity contribution in [1.82, 2.24) is 5.32 Å². The van der Waals surface area contributed by atoms with Crippen LogP contribution in [0.2, 0.25) is 5.02 Å². The molecule has 3 nitrogen and oxygen atoms in total. The van der Waals surface area contributed by atoms with E-state index in [1.807, 2.05) is 11.8 Å². The molecule has 108 valence electrons. The molecule has 2 atom stereocenters. The van der Waals surface area contributed by atoms with Crippen LogP contribution in [0.4, 0.5) is 0 Å². The van der Waals surface area contributed by atoms with Gasteiger partial charge >= 0.3 is 0 Å². The molecule has 0 aromatic heterocycles. The van der Waals surface area contributed by atoms with Crippen LogP contribution in [0.1, 0.15) is 13.3 Å². The maximum absolute atomic E-state index is 9.86. The van der Waals surface area contributed by atoms with E-state index in [0.29, 0.717) is 17.6 Å². The van der Waals surface area contributed by atoms with Crippen LogP contribution in [-0.4, -0.2) is 42.4 Å². The topological polar surface area (TPSA) is 41.5 Å². The number of nitrogens with one attached hydrogen (secondary N) is 1. The molecule has 0 saturated carbocycles. The molecule has 0 aliphatic carbocycles. The Balaban J connectivity index is 2.23. The molecule has 5 heteroatoms. The van der Waals surface area contributed by atoms with E-state index in [9.17, 15) is 5.11 Å². The average molecular weight is 304 g/mol. The molecule has 0 fully saturated rings. The smallest absolute Gasteiger partial charge is 0.119 e. The summed E-state index contributed by atoms with van der Waals surface area (Å²) in [6.45, 7) is 2.97. The lowest BCUT2D eigenvalue weighted by Crippen LogP contribution is -2.39. The van der Waals surface area contributed by atoms with Gasteiger partial charge in [0.2, 0.25) is 0 Å². The zero-order chi connectivity index (χ0) is 14.1. The van der Waals surface area contributed by atoms with Gasteiger partial charge in [-0.05, 0) is 36.9 Å². The van der Waals surface area contributed by atoms with Gasteiger partial charge in [0.1, 0.15) is 18.5 Å². The van der Waals surface area contributed by atoms with E-state index in [0.717, 1.165) is 17.9 Å². The Labute approximate surface area is 124 Å². The summed E-state index contributed by atoms with van der Waals surface area (Å²) in [6.07, 6.45) is 2.64.